The van der Waals surface area contributed by atoms with E-state index in [0.29, 0.717) is 12.3 Å². The van der Waals surface area contributed by atoms with E-state index in [1.807, 2.05) is 19.1 Å². The number of rotatable bonds is 5. The highest BCUT2D eigenvalue weighted by atomic mass is 35.5. The van der Waals surface area contributed by atoms with Crippen molar-refractivity contribution in [1.29, 1.82) is 0 Å². The first-order valence-electron chi connectivity index (χ1n) is 4.99. The van der Waals surface area contributed by atoms with Crippen LogP contribution in [-0.4, -0.2) is 16.8 Å². The summed E-state index contributed by atoms with van der Waals surface area (Å²) in [7, 11) is 0. The summed E-state index contributed by atoms with van der Waals surface area (Å²) in [5, 5.41) is 2.91. The maximum Gasteiger partial charge on any atom is 0.220 e. The summed E-state index contributed by atoms with van der Waals surface area (Å²) < 4.78 is 0. The number of alkyl halides is 1. The SMILES string of the molecule is CC(NC(=O)CCCCl)c1ccncc1. The monoisotopic (exact) mass is 226 g/mol. The Morgan fingerprint density at radius 3 is 2.80 bits per heavy atom. The van der Waals surface area contributed by atoms with Gasteiger partial charge < -0.3 is 5.32 Å². The van der Waals surface area contributed by atoms with E-state index in [1.165, 1.54) is 0 Å². The lowest BCUT2D eigenvalue weighted by Gasteiger charge is -2.13. The Kier molecular flexibility index (Phi) is 5.12. The van der Waals surface area contributed by atoms with Crippen LogP contribution in [0, 0.1) is 0 Å². The van der Waals surface area contributed by atoms with Gasteiger partial charge in [-0.3, -0.25) is 9.78 Å². The molecular weight excluding hydrogens is 212 g/mol. The number of nitrogens with one attached hydrogen (secondary N) is 1. The fourth-order valence-electron chi connectivity index (χ4n) is 1.28. The van der Waals surface area contributed by atoms with Gasteiger partial charge in [-0.05, 0) is 31.0 Å². The predicted octanol–water partition coefficient (Wildman–Crippen LogP) is 2.28. The lowest BCUT2D eigenvalue weighted by Crippen LogP contribution is -2.26. The second-order valence-corrected chi connectivity index (χ2v) is 3.74. The van der Waals surface area contributed by atoms with Crippen molar-refractivity contribution in [2.75, 3.05) is 5.88 Å². The molecule has 15 heavy (non-hydrogen) atoms. The third kappa shape index (κ3) is 4.30. The van der Waals surface area contributed by atoms with Crippen LogP contribution in [0.15, 0.2) is 24.5 Å². The summed E-state index contributed by atoms with van der Waals surface area (Å²) in [6.45, 7) is 1.95. The second-order valence-electron chi connectivity index (χ2n) is 3.36. The Morgan fingerprint density at radius 2 is 2.20 bits per heavy atom. The van der Waals surface area contributed by atoms with Crippen molar-refractivity contribution < 1.29 is 4.79 Å². The minimum absolute atomic E-state index is 0.0239. The van der Waals surface area contributed by atoms with Crippen LogP contribution in [0.25, 0.3) is 0 Å². The largest absolute Gasteiger partial charge is 0.350 e. The van der Waals surface area contributed by atoms with E-state index < -0.39 is 0 Å². The molecule has 1 atom stereocenters. The number of carbonyl (C=O) groups excluding carboxylic acids is 1. The van der Waals surface area contributed by atoms with Gasteiger partial charge in [-0.15, -0.1) is 11.6 Å². The van der Waals surface area contributed by atoms with Crippen LogP contribution >= 0.6 is 11.6 Å². The number of pyridine rings is 1. The Morgan fingerprint density at radius 1 is 1.53 bits per heavy atom. The zero-order chi connectivity index (χ0) is 11.1. The number of carbonyl (C=O) groups is 1. The molecule has 0 saturated carbocycles. The number of amides is 1. The van der Waals surface area contributed by atoms with Crippen molar-refractivity contribution in [1.82, 2.24) is 10.3 Å². The van der Waals surface area contributed by atoms with Crippen LogP contribution in [0.1, 0.15) is 31.4 Å². The van der Waals surface area contributed by atoms with Crippen LogP contribution in [0.2, 0.25) is 0 Å². The molecule has 1 amide bonds. The third-order valence-electron chi connectivity index (χ3n) is 2.12. The number of hydrogen-bond donors (Lipinski definition) is 1. The number of nitrogens with zero attached hydrogens (tertiary/aromatic N) is 1. The van der Waals surface area contributed by atoms with Crippen LogP contribution < -0.4 is 5.32 Å². The van der Waals surface area contributed by atoms with E-state index in [1.54, 1.807) is 12.4 Å². The first-order valence-corrected chi connectivity index (χ1v) is 5.52. The summed E-state index contributed by atoms with van der Waals surface area (Å²) in [6, 6.07) is 3.81. The Bertz CT molecular complexity index is 303. The highest BCUT2D eigenvalue weighted by molar-refractivity contribution is 6.17. The van der Waals surface area contributed by atoms with Crippen LogP contribution in [-0.2, 0) is 4.79 Å². The van der Waals surface area contributed by atoms with Gasteiger partial charge in [-0.1, -0.05) is 0 Å². The summed E-state index contributed by atoms with van der Waals surface area (Å²) in [5.41, 5.74) is 1.06. The fourth-order valence-corrected chi connectivity index (χ4v) is 1.41. The van der Waals surface area contributed by atoms with E-state index >= 15 is 0 Å². The molecule has 82 valence electrons. The molecule has 0 aliphatic heterocycles. The molecule has 0 spiro atoms. The molecule has 0 aliphatic rings. The number of hydrogen-bond acceptors (Lipinski definition) is 2. The van der Waals surface area contributed by atoms with E-state index in [-0.39, 0.29) is 11.9 Å². The fraction of sp³-hybridized carbons (Fsp3) is 0.455. The van der Waals surface area contributed by atoms with Crippen molar-refractivity contribution in [3.8, 4) is 0 Å². The van der Waals surface area contributed by atoms with Gasteiger partial charge in [-0.2, -0.15) is 0 Å². The molecule has 4 heteroatoms. The third-order valence-corrected chi connectivity index (χ3v) is 2.39. The summed E-state index contributed by atoms with van der Waals surface area (Å²) >= 11 is 5.51. The van der Waals surface area contributed by atoms with Crippen LogP contribution in [0.3, 0.4) is 0 Å². The van der Waals surface area contributed by atoms with Crippen molar-refractivity contribution in [3.05, 3.63) is 30.1 Å². The Balaban J connectivity index is 2.42. The van der Waals surface area contributed by atoms with Crippen molar-refractivity contribution in [3.63, 3.8) is 0 Å². The van der Waals surface area contributed by atoms with Gasteiger partial charge >= 0.3 is 0 Å². The van der Waals surface area contributed by atoms with Gasteiger partial charge in [-0.25, -0.2) is 0 Å². The molecule has 0 fully saturated rings. The average molecular weight is 227 g/mol. The van der Waals surface area contributed by atoms with E-state index in [0.717, 1.165) is 12.0 Å². The molecule has 0 saturated heterocycles. The average Bonchev–Trinajstić information content (AvgIpc) is 2.27. The smallest absolute Gasteiger partial charge is 0.220 e. The maximum atomic E-state index is 11.4. The first-order chi connectivity index (χ1) is 7.24. The molecule has 0 radical (unpaired) electrons. The highest BCUT2D eigenvalue weighted by Crippen LogP contribution is 2.10. The summed E-state index contributed by atoms with van der Waals surface area (Å²) in [4.78, 5) is 15.3. The van der Waals surface area contributed by atoms with Gasteiger partial charge in [0.05, 0.1) is 6.04 Å². The lowest BCUT2D eigenvalue weighted by atomic mass is 10.1. The molecule has 0 aliphatic carbocycles. The molecular formula is C11H15ClN2O. The normalized spacial score (nSPS) is 12.1. The second kappa shape index (κ2) is 6.40. The van der Waals surface area contributed by atoms with Crippen LogP contribution in [0.4, 0.5) is 0 Å². The predicted molar refractivity (Wildman–Crippen MR) is 60.7 cm³/mol. The van der Waals surface area contributed by atoms with Crippen LogP contribution in [0.5, 0.6) is 0 Å². The highest BCUT2D eigenvalue weighted by Gasteiger charge is 2.08. The standard InChI is InChI=1S/C11H15ClN2O/c1-9(10-4-7-13-8-5-10)14-11(15)3-2-6-12/h4-5,7-9H,2-3,6H2,1H3,(H,14,15). The zero-order valence-corrected chi connectivity index (χ0v) is 9.50. The molecule has 1 unspecified atom stereocenters. The quantitative estimate of drug-likeness (QED) is 0.783. The minimum atomic E-state index is 0.0239. The molecule has 3 nitrogen and oxygen atoms in total. The van der Waals surface area contributed by atoms with E-state index in [9.17, 15) is 4.79 Å². The van der Waals surface area contributed by atoms with Gasteiger partial charge in [0.2, 0.25) is 5.91 Å². The summed E-state index contributed by atoms with van der Waals surface area (Å²) in [5.74, 6) is 0.566. The van der Waals surface area contributed by atoms with Crippen molar-refractivity contribution in [2.24, 2.45) is 0 Å². The molecule has 0 bridgehead atoms. The Hall–Kier alpha value is -1.09. The molecule has 1 N–H and O–H groups in total. The molecule has 0 aromatic carbocycles. The van der Waals surface area contributed by atoms with Gasteiger partial charge in [0.15, 0.2) is 0 Å². The molecule has 1 aromatic heterocycles. The molecule has 1 aromatic rings. The maximum absolute atomic E-state index is 11.4. The molecule has 1 rings (SSSR count). The lowest BCUT2D eigenvalue weighted by molar-refractivity contribution is -0.121. The number of halogens is 1. The zero-order valence-electron chi connectivity index (χ0n) is 8.74. The van der Waals surface area contributed by atoms with Gasteiger partial charge in [0.1, 0.15) is 0 Å². The van der Waals surface area contributed by atoms with Gasteiger partial charge in [0.25, 0.3) is 0 Å². The van der Waals surface area contributed by atoms with E-state index in [2.05, 4.69) is 10.3 Å². The topological polar surface area (TPSA) is 42.0 Å². The minimum Gasteiger partial charge on any atom is -0.350 e. The molecule has 1 heterocycles. The van der Waals surface area contributed by atoms with E-state index in [4.69, 9.17) is 11.6 Å². The van der Waals surface area contributed by atoms with Crippen molar-refractivity contribution >= 4 is 17.5 Å². The first kappa shape index (κ1) is 12.0. The summed E-state index contributed by atoms with van der Waals surface area (Å²) in [6.07, 6.45) is 4.64. The Labute approximate surface area is 94.9 Å². The van der Waals surface area contributed by atoms with Gasteiger partial charge in [0, 0.05) is 24.7 Å². The number of aromatic nitrogens is 1. The van der Waals surface area contributed by atoms with Crippen molar-refractivity contribution in [2.45, 2.75) is 25.8 Å².